The summed E-state index contributed by atoms with van der Waals surface area (Å²) in [5.74, 6) is 0. The maximum Gasteiger partial charge on any atom is 0.416 e. The maximum atomic E-state index is 12.9. The van der Waals surface area contributed by atoms with Gasteiger partial charge in [-0.15, -0.1) is 0 Å². The Morgan fingerprint density at radius 3 is 2.55 bits per heavy atom. The van der Waals surface area contributed by atoms with Crippen LogP contribution in [0, 0.1) is 0 Å². The lowest BCUT2D eigenvalue weighted by Crippen LogP contribution is -2.12. The Bertz CT molecular complexity index is 1160. The highest BCUT2D eigenvalue weighted by Crippen LogP contribution is 2.30. The molecule has 0 atom stereocenters. The van der Waals surface area contributed by atoms with Crippen LogP contribution in [-0.4, -0.2) is 14.8 Å². The summed E-state index contributed by atoms with van der Waals surface area (Å²) < 4.78 is 40.5. The molecule has 4 aromatic rings. The third kappa shape index (κ3) is 3.85. The largest absolute Gasteiger partial charge is 0.416 e. The molecule has 0 unspecified atom stereocenters. The van der Waals surface area contributed by atoms with Crippen molar-refractivity contribution in [1.82, 2.24) is 20.1 Å². The zero-order chi connectivity index (χ0) is 20.4. The van der Waals surface area contributed by atoms with E-state index in [4.69, 9.17) is 0 Å². The van der Waals surface area contributed by atoms with Gasteiger partial charge in [0.25, 0.3) is 0 Å². The van der Waals surface area contributed by atoms with Crippen molar-refractivity contribution in [2.45, 2.75) is 12.7 Å². The average molecular weight is 394 g/mol. The Labute approximate surface area is 165 Å². The summed E-state index contributed by atoms with van der Waals surface area (Å²) in [6.07, 6.45) is 0.785. The van der Waals surface area contributed by atoms with Crippen molar-refractivity contribution in [3.63, 3.8) is 0 Å². The summed E-state index contributed by atoms with van der Waals surface area (Å²) in [6.45, 7) is 4.30. The summed E-state index contributed by atoms with van der Waals surface area (Å²) in [5.41, 5.74) is 3.10. The number of halogens is 3. The number of benzene rings is 2. The summed E-state index contributed by atoms with van der Waals surface area (Å²) in [5, 5.41) is 8.48. The molecule has 0 aliphatic rings. The van der Waals surface area contributed by atoms with Gasteiger partial charge in [-0.25, -0.2) is 4.68 Å². The third-order valence-electron chi connectivity index (χ3n) is 4.61. The van der Waals surface area contributed by atoms with E-state index in [1.54, 1.807) is 29.3 Å². The van der Waals surface area contributed by atoms with E-state index in [-0.39, 0.29) is 6.54 Å². The van der Waals surface area contributed by atoms with E-state index in [1.807, 2.05) is 30.3 Å². The molecule has 4 rings (SSSR count). The fourth-order valence-corrected chi connectivity index (χ4v) is 3.17. The van der Waals surface area contributed by atoms with Crippen molar-refractivity contribution >= 4 is 16.6 Å². The van der Waals surface area contributed by atoms with Gasteiger partial charge in [0.2, 0.25) is 0 Å². The van der Waals surface area contributed by atoms with E-state index in [1.165, 1.54) is 6.07 Å². The van der Waals surface area contributed by atoms with Gasteiger partial charge in [-0.1, -0.05) is 30.8 Å². The lowest BCUT2D eigenvalue weighted by atomic mass is 10.1. The SMILES string of the molecule is C=C(NCc1cccc(C(F)(F)F)c1)c1cccc2c1cnn2-c1ccncc1. The van der Waals surface area contributed by atoms with Gasteiger partial charge < -0.3 is 5.32 Å². The van der Waals surface area contributed by atoms with Gasteiger partial charge in [0, 0.05) is 35.6 Å². The molecule has 4 nitrogen and oxygen atoms in total. The van der Waals surface area contributed by atoms with Crippen molar-refractivity contribution < 1.29 is 13.2 Å². The van der Waals surface area contributed by atoms with Gasteiger partial charge in [-0.3, -0.25) is 4.98 Å². The van der Waals surface area contributed by atoms with Crippen molar-refractivity contribution in [2.75, 3.05) is 0 Å². The first-order chi connectivity index (χ1) is 13.9. The Morgan fingerprint density at radius 2 is 1.79 bits per heavy atom. The predicted octanol–water partition coefficient (Wildman–Crippen LogP) is 5.20. The molecule has 0 saturated heterocycles. The number of fused-ring (bicyclic) bond motifs is 1. The Kier molecular flexibility index (Phi) is 4.80. The molecule has 29 heavy (non-hydrogen) atoms. The molecular formula is C22H17F3N4. The van der Waals surface area contributed by atoms with Crippen LogP contribution in [0.15, 0.2) is 79.8 Å². The lowest BCUT2D eigenvalue weighted by Gasteiger charge is -2.13. The van der Waals surface area contributed by atoms with Crippen LogP contribution < -0.4 is 5.32 Å². The van der Waals surface area contributed by atoms with Gasteiger partial charge in [-0.2, -0.15) is 18.3 Å². The second kappa shape index (κ2) is 7.43. The van der Waals surface area contributed by atoms with Crippen molar-refractivity contribution in [2.24, 2.45) is 0 Å². The zero-order valence-corrected chi connectivity index (χ0v) is 15.3. The van der Waals surface area contributed by atoms with Gasteiger partial charge in [0.15, 0.2) is 0 Å². The molecule has 2 aromatic heterocycles. The predicted molar refractivity (Wildman–Crippen MR) is 106 cm³/mol. The minimum Gasteiger partial charge on any atom is -0.381 e. The molecule has 0 bridgehead atoms. The third-order valence-corrected chi connectivity index (χ3v) is 4.61. The lowest BCUT2D eigenvalue weighted by molar-refractivity contribution is -0.137. The molecule has 0 amide bonds. The number of rotatable bonds is 5. The van der Waals surface area contributed by atoms with E-state index in [0.29, 0.717) is 11.3 Å². The molecule has 0 aliphatic carbocycles. The van der Waals surface area contributed by atoms with E-state index >= 15 is 0 Å². The summed E-state index contributed by atoms with van der Waals surface area (Å²) in [6, 6.07) is 14.7. The van der Waals surface area contributed by atoms with Crippen LogP contribution in [-0.2, 0) is 12.7 Å². The molecule has 0 fully saturated rings. The quantitative estimate of drug-likeness (QED) is 0.506. The molecule has 0 aliphatic heterocycles. The van der Waals surface area contributed by atoms with E-state index < -0.39 is 11.7 Å². The fourth-order valence-electron chi connectivity index (χ4n) is 3.17. The summed E-state index contributed by atoms with van der Waals surface area (Å²) >= 11 is 0. The smallest absolute Gasteiger partial charge is 0.381 e. The highest BCUT2D eigenvalue weighted by atomic mass is 19.4. The van der Waals surface area contributed by atoms with Gasteiger partial charge >= 0.3 is 6.18 Å². The second-order valence-corrected chi connectivity index (χ2v) is 6.53. The fraction of sp³-hybridized carbons (Fsp3) is 0.0909. The number of hydrogen-bond acceptors (Lipinski definition) is 3. The van der Waals surface area contributed by atoms with E-state index in [2.05, 4.69) is 22.0 Å². The molecule has 0 saturated carbocycles. The number of nitrogens with one attached hydrogen (secondary N) is 1. The van der Waals surface area contributed by atoms with Crippen LogP contribution >= 0.6 is 0 Å². The highest BCUT2D eigenvalue weighted by Gasteiger charge is 2.30. The highest BCUT2D eigenvalue weighted by molar-refractivity contribution is 5.91. The number of aromatic nitrogens is 3. The van der Waals surface area contributed by atoms with Gasteiger partial charge in [0.05, 0.1) is 23.0 Å². The van der Waals surface area contributed by atoms with Crippen molar-refractivity contribution in [1.29, 1.82) is 0 Å². The molecule has 2 aromatic carbocycles. The first kappa shape index (κ1) is 18.7. The van der Waals surface area contributed by atoms with Crippen LogP contribution in [0.3, 0.4) is 0 Å². The molecular weight excluding hydrogens is 377 g/mol. The van der Waals surface area contributed by atoms with Crippen LogP contribution in [0.1, 0.15) is 16.7 Å². The van der Waals surface area contributed by atoms with Crippen molar-refractivity contribution in [3.8, 4) is 5.69 Å². The minimum absolute atomic E-state index is 0.234. The van der Waals surface area contributed by atoms with E-state index in [0.717, 1.165) is 34.3 Å². The van der Waals surface area contributed by atoms with Gasteiger partial charge in [0.1, 0.15) is 0 Å². The Balaban J connectivity index is 1.58. The molecule has 1 N–H and O–H groups in total. The first-order valence-electron chi connectivity index (χ1n) is 8.90. The van der Waals surface area contributed by atoms with Gasteiger partial charge in [-0.05, 0) is 35.9 Å². The van der Waals surface area contributed by atoms with Crippen LogP contribution in [0.25, 0.3) is 22.3 Å². The molecule has 146 valence electrons. The van der Waals surface area contributed by atoms with Crippen molar-refractivity contribution in [3.05, 3.63) is 96.5 Å². The first-order valence-corrected chi connectivity index (χ1v) is 8.90. The minimum atomic E-state index is -4.36. The van der Waals surface area contributed by atoms with E-state index in [9.17, 15) is 13.2 Å². The normalized spacial score (nSPS) is 11.6. The second-order valence-electron chi connectivity index (χ2n) is 6.53. The summed E-state index contributed by atoms with van der Waals surface area (Å²) in [7, 11) is 0. The molecule has 0 radical (unpaired) electrons. The molecule has 2 heterocycles. The Morgan fingerprint density at radius 1 is 1.03 bits per heavy atom. The number of hydrogen-bond donors (Lipinski definition) is 1. The average Bonchev–Trinajstić information content (AvgIpc) is 3.16. The maximum absolute atomic E-state index is 12.9. The Hall–Kier alpha value is -3.61. The molecule has 7 heteroatoms. The zero-order valence-electron chi connectivity index (χ0n) is 15.3. The number of pyridine rings is 1. The topological polar surface area (TPSA) is 42.7 Å². The monoisotopic (exact) mass is 394 g/mol. The van der Waals surface area contributed by atoms with Crippen LogP contribution in [0.2, 0.25) is 0 Å². The molecule has 0 spiro atoms. The van der Waals surface area contributed by atoms with Crippen LogP contribution in [0.4, 0.5) is 13.2 Å². The van der Waals surface area contributed by atoms with Crippen LogP contribution in [0.5, 0.6) is 0 Å². The summed E-state index contributed by atoms with van der Waals surface area (Å²) in [4.78, 5) is 4.02. The number of nitrogens with zero attached hydrogens (tertiary/aromatic N) is 3. The number of alkyl halides is 3. The standard InChI is InChI=1S/C22H17F3N4/c1-15(27-13-16-4-2-5-17(12-16)22(23,24)25)19-6-3-7-21-20(19)14-28-29(21)18-8-10-26-11-9-18/h2-12,14,27H,1,13H2.